The van der Waals surface area contributed by atoms with Crippen molar-refractivity contribution in [1.82, 2.24) is 0 Å². The summed E-state index contributed by atoms with van der Waals surface area (Å²) in [4.78, 5) is 0. The first kappa shape index (κ1) is 11.2. The third-order valence-corrected chi connectivity index (χ3v) is 6.47. The van der Waals surface area contributed by atoms with Crippen LogP contribution in [0.2, 0.25) is 0 Å². The second kappa shape index (κ2) is 6.94. The molecule has 0 fully saturated rings. The van der Waals surface area contributed by atoms with E-state index in [2.05, 4.69) is 0 Å². The first-order valence-electron chi connectivity index (χ1n) is 16.6. The molecule has 0 aliphatic heterocycles. The zero-order valence-electron chi connectivity index (χ0n) is 29.1. The predicted molar refractivity (Wildman–Crippen MR) is 149 cm³/mol. The van der Waals surface area contributed by atoms with Gasteiger partial charge in [-0.1, -0.05) is 90.8 Å². The van der Waals surface area contributed by atoms with Gasteiger partial charge in [-0.05, 0) is 79.1 Å². The Hall–Kier alpha value is -4.62. The van der Waals surface area contributed by atoms with E-state index in [9.17, 15) is 4.11 Å². The van der Waals surface area contributed by atoms with Gasteiger partial charge >= 0.3 is 0 Å². The summed E-state index contributed by atoms with van der Waals surface area (Å²) < 4.78 is 103. The second-order valence-electron chi connectivity index (χ2n) is 8.44. The molecule has 0 saturated heterocycles. The summed E-state index contributed by atoms with van der Waals surface area (Å²) in [7, 11) is 0. The van der Waals surface area contributed by atoms with E-state index < -0.39 is 54.4 Å². The molecule has 0 amide bonds. The fourth-order valence-corrected chi connectivity index (χ4v) is 4.87. The Labute approximate surface area is 217 Å². The van der Waals surface area contributed by atoms with Crippen LogP contribution in [0.4, 0.5) is 0 Å². The van der Waals surface area contributed by atoms with E-state index in [0.717, 1.165) is 16.2 Å². The summed E-state index contributed by atoms with van der Waals surface area (Å²) in [6.07, 6.45) is 0. The minimum absolute atomic E-state index is 0.0477. The highest BCUT2D eigenvalue weighted by atomic mass is 16.3. The van der Waals surface area contributed by atoms with E-state index in [4.69, 9.17) is 15.4 Å². The Morgan fingerprint density at radius 2 is 1.40 bits per heavy atom. The molecule has 1 nitrogen and oxygen atoms in total. The normalized spacial score (nSPS) is 16.4. The molecule has 162 valence electrons. The van der Waals surface area contributed by atoms with Crippen molar-refractivity contribution in [2.24, 2.45) is 0 Å². The minimum Gasteiger partial charge on any atom is -0.455 e. The second-order valence-corrected chi connectivity index (χ2v) is 8.44. The molecule has 0 N–H and O–H groups in total. The Bertz CT molecular complexity index is 2710. The zero-order valence-corrected chi connectivity index (χ0v) is 18.1. The summed E-state index contributed by atoms with van der Waals surface area (Å²) in [6.45, 7) is 0. The quantitative estimate of drug-likeness (QED) is 0.177. The Kier molecular flexibility index (Phi) is 2.22. The van der Waals surface area contributed by atoms with E-state index in [0.29, 0.717) is 22.1 Å². The van der Waals surface area contributed by atoms with Crippen LogP contribution in [0.25, 0.3) is 76.2 Å². The topological polar surface area (TPSA) is 13.1 Å². The first-order valence-corrected chi connectivity index (χ1v) is 11.1. The van der Waals surface area contributed by atoms with E-state index >= 15 is 0 Å². The van der Waals surface area contributed by atoms with Crippen LogP contribution in [0.5, 0.6) is 0 Å². The fraction of sp³-hybridized carbons (Fsp3) is 0. The maximum absolute atomic E-state index is 9.35. The summed E-state index contributed by atoms with van der Waals surface area (Å²) in [5, 5.41) is 1.99. The van der Waals surface area contributed by atoms with Crippen LogP contribution >= 0.6 is 0 Å². The number of benzene rings is 7. The van der Waals surface area contributed by atoms with Gasteiger partial charge in [-0.3, -0.25) is 0 Å². The van der Waals surface area contributed by atoms with Crippen molar-refractivity contribution in [3.05, 3.63) is 121 Å². The predicted octanol–water partition coefficient (Wildman–Crippen LogP) is 9.87. The SMILES string of the molecule is [2H]c1c(-c2cccc3oc4c5ccccc5ccc4c23)c([2H])c2c([2H])c3c([2H])c([2H])c4c([2H])c([2H])c([2H])c([2H])c4c3c([2H])c2c1[2H]. The van der Waals surface area contributed by atoms with Crippen LogP contribution in [-0.4, -0.2) is 0 Å². The lowest BCUT2D eigenvalue weighted by atomic mass is 9.94. The van der Waals surface area contributed by atoms with Gasteiger partial charge in [0.15, 0.2) is 0 Å². The monoisotopic (exact) mass is 455 g/mol. The zero-order chi connectivity index (χ0) is 32.5. The van der Waals surface area contributed by atoms with Crippen LogP contribution in [0.3, 0.4) is 0 Å². The third kappa shape index (κ3) is 2.70. The molecule has 0 spiro atoms. The lowest BCUT2D eigenvalue weighted by molar-refractivity contribution is 0.673. The van der Waals surface area contributed by atoms with Gasteiger partial charge in [0.05, 0.1) is 15.1 Å². The number of rotatable bonds is 1. The molecule has 0 atom stereocenters. The third-order valence-electron chi connectivity index (χ3n) is 6.47. The Morgan fingerprint density at radius 1 is 0.514 bits per heavy atom. The van der Waals surface area contributed by atoms with Crippen LogP contribution in [0.1, 0.15) is 15.1 Å². The number of fused-ring (bicyclic) bond motifs is 9. The molecule has 8 rings (SSSR count). The first-order chi connectivity index (χ1) is 22.0. The molecule has 0 aliphatic carbocycles. The highest BCUT2D eigenvalue weighted by Gasteiger charge is 2.15. The highest BCUT2D eigenvalue weighted by Crippen LogP contribution is 2.40. The smallest absolute Gasteiger partial charge is 0.143 e. The lowest BCUT2D eigenvalue weighted by Gasteiger charge is -2.09. The maximum Gasteiger partial charge on any atom is 0.143 e. The van der Waals surface area contributed by atoms with Gasteiger partial charge in [-0.15, -0.1) is 0 Å². The molecule has 1 heterocycles. The molecular weight excluding hydrogens is 424 g/mol. The Balaban J connectivity index is 1.57. The molecule has 0 radical (unpaired) electrons. The van der Waals surface area contributed by atoms with Crippen molar-refractivity contribution < 1.29 is 19.5 Å². The van der Waals surface area contributed by atoms with Crippen LogP contribution in [0, 0.1) is 0 Å². The van der Waals surface area contributed by atoms with E-state index in [1.54, 1.807) is 18.2 Å². The number of furan rings is 1. The minimum atomic E-state index is -0.598. The summed E-state index contributed by atoms with van der Waals surface area (Å²) in [5.41, 5.74) is 1.62. The van der Waals surface area contributed by atoms with Crippen LogP contribution in [0.15, 0.2) is 125 Å². The average Bonchev–Trinajstić information content (AvgIpc) is 3.44. The molecule has 8 aromatic rings. The van der Waals surface area contributed by atoms with Gasteiger partial charge in [-0.2, -0.15) is 0 Å². The lowest BCUT2D eigenvalue weighted by Crippen LogP contribution is -1.83. The number of hydrogen-bond acceptors (Lipinski definition) is 1. The van der Waals surface area contributed by atoms with Crippen molar-refractivity contribution in [2.75, 3.05) is 0 Å². The largest absolute Gasteiger partial charge is 0.455 e. The van der Waals surface area contributed by atoms with Gasteiger partial charge in [0.25, 0.3) is 0 Å². The van der Waals surface area contributed by atoms with Crippen molar-refractivity contribution in [1.29, 1.82) is 0 Å². The summed E-state index contributed by atoms with van der Waals surface area (Å²) >= 11 is 0. The van der Waals surface area contributed by atoms with Crippen LogP contribution < -0.4 is 0 Å². The molecule has 0 aliphatic rings. The molecule has 0 unspecified atom stereocenters. The van der Waals surface area contributed by atoms with Gasteiger partial charge in [-0.25, -0.2) is 0 Å². The molecule has 7 aromatic carbocycles. The molecule has 0 bridgehead atoms. The van der Waals surface area contributed by atoms with Crippen molar-refractivity contribution in [3.63, 3.8) is 0 Å². The summed E-state index contributed by atoms with van der Waals surface area (Å²) in [5.74, 6) is 0. The molecule has 1 heteroatoms. The van der Waals surface area contributed by atoms with Gasteiger partial charge in [0.2, 0.25) is 0 Å². The van der Waals surface area contributed by atoms with Gasteiger partial charge in [0, 0.05) is 16.2 Å². The van der Waals surface area contributed by atoms with Gasteiger partial charge < -0.3 is 4.42 Å². The summed E-state index contributed by atoms with van der Waals surface area (Å²) in [6, 6.07) is 11.5. The number of hydrogen-bond donors (Lipinski definition) is 0. The molecule has 0 saturated carbocycles. The molecular formula is C34H20O. The maximum atomic E-state index is 9.35. The van der Waals surface area contributed by atoms with Crippen molar-refractivity contribution >= 4 is 65.0 Å². The average molecular weight is 456 g/mol. The van der Waals surface area contributed by atoms with E-state index in [-0.39, 0.29) is 50.0 Å². The standard InChI is InChI=1S/C34H20O/c1-3-8-27-21(6-1)12-14-25-19-26-18-24(15-13-23(26)20-31(25)27)28-10-5-11-32-33(28)30-17-16-22-7-2-4-9-29(22)34(30)35-32/h1-20H/i1D,3D,6D,8D,12D,13D,14D,15D,18D,19D,20D. The van der Waals surface area contributed by atoms with E-state index in [1.165, 1.54) is 0 Å². The highest BCUT2D eigenvalue weighted by molar-refractivity contribution is 6.19. The molecule has 35 heavy (non-hydrogen) atoms. The van der Waals surface area contributed by atoms with Crippen LogP contribution in [-0.2, 0) is 0 Å². The van der Waals surface area contributed by atoms with E-state index in [1.807, 2.05) is 36.4 Å². The van der Waals surface area contributed by atoms with Crippen molar-refractivity contribution in [3.8, 4) is 11.1 Å². The Morgan fingerprint density at radius 3 is 2.40 bits per heavy atom. The fourth-order valence-electron chi connectivity index (χ4n) is 4.87. The van der Waals surface area contributed by atoms with Gasteiger partial charge in [0.1, 0.15) is 11.2 Å². The van der Waals surface area contributed by atoms with Crippen molar-refractivity contribution in [2.45, 2.75) is 0 Å². The molecule has 1 aromatic heterocycles.